The van der Waals surface area contributed by atoms with E-state index in [1.165, 1.54) is 57.8 Å². The fourth-order valence-electron chi connectivity index (χ4n) is 4.89. The standard InChI is InChI=1S/C41H69O8P/c1-3-5-7-9-11-13-15-17-18-19-20-21-22-24-25-27-29-31-33-35-40(42)47-37-39(38-48-50(44,45)46)49-41(43)36-34-32-30-28-26-23-16-14-12-10-8-6-4-2/h6,8,11-14,17-18,23,26,30,32,39H,3-5,7,9-10,15-16,19-22,24-25,27-29,31,33-38H2,1-2H3,(H2,44,45,46)/b8-6-,13-11-,14-12-,18-17-,26-23-,32-30-. The Hall–Kier alpha value is -2.51. The molecule has 1 atom stereocenters. The van der Waals surface area contributed by atoms with Crippen LogP contribution < -0.4 is 0 Å². The molecule has 0 aliphatic rings. The molecular weight excluding hydrogens is 651 g/mol. The van der Waals surface area contributed by atoms with Crippen LogP contribution in [0.3, 0.4) is 0 Å². The maximum atomic E-state index is 12.3. The minimum absolute atomic E-state index is 0.0866. The second-order valence-corrected chi connectivity index (χ2v) is 13.8. The Balaban J connectivity index is 4.03. The number of unbranched alkanes of at least 4 members (excludes halogenated alkanes) is 12. The van der Waals surface area contributed by atoms with Crippen molar-refractivity contribution < 1.29 is 37.9 Å². The van der Waals surface area contributed by atoms with Crippen LogP contribution in [0.1, 0.15) is 155 Å². The number of allylic oxidation sites excluding steroid dienone is 12. The van der Waals surface area contributed by atoms with Crippen LogP contribution in [0, 0.1) is 0 Å². The quantitative estimate of drug-likeness (QED) is 0.0292. The first-order valence-corrected chi connectivity index (χ1v) is 20.8. The van der Waals surface area contributed by atoms with Crippen molar-refractivity contribution in [2.45, 2.75) is 161 Å². The third-order valence-electron chi connectivity index (χ3n) is 7.72. The van der Waals surface area contributed by atoms with E-state index < -0.39 is 32.5 Å². The first kappa shape index (κ1) is 47.5. The number of rotatable bonds is 34. The van der Waals surface area contributed by atoms with E-state index in [0.717, 1.165) is 57.8 Å². The van der Waals surface area contributed by atoms with Crippen LogP contribution in [0.4, 0.5) is 0 Å². The summed E-state index contributed by atoms with van der Waals surface area (Å²) < 4.78 is 26.2. The summed E-state index contributed by atoms with van der Waals surface area (Å²) in [6, 6.07) is 0. The second kappa shape index (κ2) is 36.3. The van der Waals surface area contributed by atoms with E-state index in [4.69, 9.17) is 19.3 Å². The fourth-order valence-corrected chi connectivity index (χ4v) is 5.25. The maximum absolute atomic E-state index is 12.3. The van der Waals surface area contributed by atoms with Crippen LogP contribution in [0.5, 0.6) is 0 Å². The normalized spacial score (nSPS) is 13.3. The molecule has 286 valence electrons. The lowest BCUT2D eigenvalue weighted by Crippen LogP contribution is -2.29. The third kappa shape index (κ3) is 38.3. The Morgan fingerprint density at radius 2 is 1.00 bits per heavy atom. The van der Waals surface area contributed by atoms with Crippen molar-refractivity contribution in [3.05, 3.63) is 72.9 Å². The minimum atomic E-state index is -4.77. The zero-order chi connectivity index (χ0) is 36.8. The van der Waals surface area contributed by atoms with Crippen LogP contribution in [0.2, 0.25) is 0 Å². The van der Waals surface area contributed by atoms with Crippen molar-refractivity contribution in [1.29, 1.82) is 0 Å². The van der Waals surface area contributed by atoms with Gasteiger partial charge in [0.05, 0.1) is 6.61 Å². The zero-order valence-corrected chi connectivity index (χ0v) is 32.2. The van der Waals surface area contributed by atoms with Crippen molar-refractivity contribution in [2.75, 3.05) is 13.2 Å². The lowest BCUT2D eigenvalue weighted by atomic mass is 10.1. The van der Waals surface area contributed by atoms with Crippen LogP contribution in [-0.4, -0.2) is 41.0 Å². The average molecular weight is 721 g/mol. The summed E-state index contributed by atoms with van der Waals surface area (Å²) in [6.45, 7) is 3.46. The van der Waals surface area contributed by atoms with Gasteiger partial charge in [-0.2, -0.15) is 0 Å². The molecule has 1 unspecified atom stereocenters. The molecule has 9 heteroatoms. The molecule has 0 spiro atoms. The molecule has 0 aliphatic heterocycles. The highest BCUT2D eigenvalue weighted by molar-refractivity contribution is 7.46. The fraction of sp³-hybridized carbons (Fsp3) is 0.659. The van der Waals surface area contributed by atoms with Gasteiger partial charge in [-0.25, -0.2) is 4.57 Å². The number of ether oxygens (including phenoxy) is 2. The Kier molecular flexibility index (Phi) is 34.5. The molecule has 0 aliphatic carbocycles. The van der Waals surface area contributed by atoms with Gasteiger partial charge in [0, 0.05) is 12.8 Å². The molecule has 0 fully saturated rings. The number of esters is 2. The zero-order valence-electron chi connectivity index (χ0n) is 31.3. The molecule has 0 heterocycles. The van der Waals surface area contributed by atoms with Gasteiger partial charge in [0.2, 0.25) is 0 Å². The van der Waals surface area contributed by atoms with Gasteiger partial charge in [-0.3, -0.25) is 14.1 Å². The maximum Gasteiger partial charge on any atom is 0.469 e. The first-order valence-electron chi connectivity index (χ1n) is 19.2. The molecule has 0 bridgehead atoms. The van der Waals surface area contributed by atoms with Crippen molar-refractivity contribution in [3.8, 4) is 0 Å². The first-order chi connectivity index (χ1) is 24.3. The topological polar surface area (TPSA) is 119 Å². The van der Waals surface area contributed by atoms with Crippen molar-refractivity contribution >= 4 is 19.8 Å². The number of hydrogen-bond acceptors (Lipinski definition) is 6. The highest BCUT2D eigenvalue weighted by Crippen LogP contribution is 2.35. The van der Waals surface area contributed by atoms with E-state index in [9.17, 15) is 14.2 Å². The van der Waals surface area contributed by atoms with E-state index in [2.05, 4.69) is 79.1 Å². The molecule has 2 N–H and O–H groups in total. The Morgan fingerprint density at radius 1 is 0.540 bits per heavy atom. The number of hydrogen-bond donors (Lipinski definition) is 2. The molecule has 8 nitrogen and oxygen atoms in total. The van der Waals surface area contributed by atoms with Crippen molar-refractivity contribution in [3.63, 3.8) is 0 Å². The van der Waals surface area contributed by atoms with E-state index in [1.807, 2.05) is 12.2 Å². The van der Waals surface area contributed by atoms with Gasteiger partial charge in [-0.1, -0.05) is 145 Å². The molecule has 0 aromatic carbocycles. The smallest absolute Gasteiger partial charge is 0.462 e. The summed E-state index contributed by atoms with van der Waals surface area (Å²) in [4.78, 5) is 42.7. The van der Waals surface area contributed by atoms with Gasteiger partial charge in [-0.05, 0) is 70.6 Å². The molecule has 0 saturated heterocycles. The van der Waals surface area contributed by atoms with Gasteiger partial charge in [0.1, 0.15) is 6.61 Å². The van der Waals surface area contributed by atoms with Gasteiger partial charge in [0.25, 0.3) is 0 Å². The summed E-state index contributed by atoms with van der Waals surface area (Å²) in [5.74, 6) is -0.991. The van der Waals surface area contributed by atoms with Crippen molar-refractivity contribution in [1.82, 2.24) is 0 Å². The Labute approximate surface area is 304 Å². The van der Waals surface area contributed by atoms with Crippen LogP contribution in [0.15, 0.2) is 72.9 Å². The molecule has 0 radical (unpaired) electrons. The van der Waals surface area contributed by atoms with E-state index >= 15 is 0 Å². The average Bonchev–Trinajstić information content (AvgIpc) is 3.08. The summed E-state index contributed by atoms with van der Waals surface area (Å²) in [5.41, 5.74) is 0. The Morgan fingerprint density at radius 3 is 1.52 bits per heavy atom. The number of phosphoric acid groups is 1. The van der Waals surface area contributed by atoms with Crippen LogP contribution >= 0.6 is 7.82 Å². The lowest BCUT2D eigenvalue weighted by Gasteiger charge is -2.18. The summed E-state index contributed by atoms with van der Waals surface area (Å²) in [7, 11) is -4.77. The Bertz CT molecular complexity index is 1040. The number of carbonyl (C=O) groups is 2. The summed E-state index contributed by atoms with van der Waals surface area (Å²) in [5, 5.41) is 0. The summed E-state index contributed by atoms with van der Waals surface area (Å²) in [6.07, 6.45) is 46.4. The van der Waals surface area contributed by atoms with E-state index in [0.29, 0.717) is 12.8 Å². The second-order valence-electron chi connectivity index (χ2n) is 12.5. The van der Waals surface area contributed by atoms with Gasteiger partial charge < -0.3 is 19.3 Å². The molecular formula is C41H69O8P. The highest BCUT2D eigenvalue weighted by atomic mass is 31.2. The predicted octanol–water partition coefficient (Wildman–Crippen LogP) is 11.5. The van der Waals surface area contributed by atoms with Gasteiger partial charge in [-0.15, -0.1) is 0 Å². The molecule has 50 heavy (non-hydrogen) atoms. The van der Waals surface area contributed by atoms with Gasteiger partial charge in [0.15, 0.2) is 6.10 Å². The number of phosphoric ester groups is 1. The monoisotopic (exact) mass is 720 g/mol. The van der Waals surface area contributed by atoms with E-state index in [1.54, 1.807) is 0 Å². The molecule has 0 aromatic rings. The van der Waals surface area contributed by atoms with Crippen molar-refractivity contribution in [2.24, 2.45) is 0 Å². The highest BCUT2D eigenvalue weighted by Gasteiger charge is 2.22. The largest absolute Gasteiger partial charge is 0.469 e. The van der Waals surface area contributed by atoms with Crippen LogP contribution in [-0.2, 0) is 28.2 Å². The number of carbonyl (C=O) groups excluding carboxylic acids is 2. The predicted molar refractivity (Wildman–Crippen MR) is 207 cm³/mol. The molecule has 0 amide bonds. The molecule has 0 rings (SSSR count). The van der Waals surface area contributed by atoms with E-state index in [-0.39, 0.29) is 19.4 Å². The molecule has 0 aromatic heterocycles. The van der Waals surface area contributed by atoms with Crippen LogP contribution in [0.25, 0.3) is 0 Å². The third-order valence-corrected chi connectivity index (χ3v) is 8.21. The molecule has 0 saturated carbocycles. The SMILES string of the molecule is CC/C=C\C/C=C\C/C=C\C/C=C\CCC(=O)OC(COC(=O)CCCCCCCCCCC/C=C\C/C=C\CCCCC)COP(=O)(O)O. The summed E-state index contributed by atoms with van der Waals surface area (Å²) >= 11 is 0. The van der Waals surface area contributed by atoms with Gasteiger partial charge >= 0.3 is 19.8 Å². The lowest BCUT2D eigenvalue weighted by molar-refractivity contribution is -0.161. The minimum Gasteiger partial charge on any atom is -0.462 e.